The minimum atomic E-state index is 0.546. The van der Waals surface area contributed by atoms with Crippen molar-refractivity contribution in [1.29, 1.82) is 0 Å². The van der Waals surface area contributed by atoms with E-state index in [-0.39, 0.29) is 0 Å². The fourth-order valence-corrected chi connectivity index (χ4v) is 1.24. The van der Waals surface area contributed by atoms with E-state index >= 15 is 0 Å². The molecule has 1 aliphatic heterocycles. The summed E-state index contributed by atoms with van der Waals surface area (Å²) in [4.78, 5) is 0. The van der Waals surface area contributed by atoms with Gasteiger partial charge in [0.05, 0.1) is 6.10 Å². The standard InChI is InChI=1S/C6H14.C5H10O/c1-3-5-6-4-2;1-5-3-2-4-6-5/h3-6H2,1-2H3;5H,2-4H2,1H3. The van der Waals surface area contributed by atoms with Crippen molar-refractivity contribution < 1.29 is 4.74 Å². The summed E-state index contributed by atoms with van der Waals surface area (Å²) in [5, 5.41) is 0. The third-order valence-electron chi connectivity index (χ3n) is 2.11. The van der Waals surface area contributed by atoms with Gasteiger partial charge in [-0.1, -0.05) is 39.5 Å². The monoisotopic (exact) mass is 172 g/mol. The van der Waals surface area contributed by atoms with Gasteiger partial charge in [0.15, 0.2) is 0 Å². The Morgan fingerprint density at radius 3 is 1.92 bits per heavy atom. The number of hydrogen-bond acceptors (Lipinski definition) is 1. The van der Waals surface area contributed by atoms with Crippen LogP contribution in [0.25, 0.3) is 0 Å². The average Bonchev–Trinajstić information content (AvgIpc) is 2.53. The van der Waals surface area contributed by atoms with Crippen molar-refractivity contribution in [2.24, 2.45) is 0 Å². The van der Waals surface area contributed by atoms with E-state index in [1.165, 1.54) is 38.5 Å². The highest BCUT2D eigenvalue weighted by molar-refractivity contribution is 4.56. The maximum Gasteiger partial charge on any atom is 0.0547 e. The number of rotatable bonds is 3. The summed E-state index contributed by atoms with van der Waals surface area (Å²) in [5.41, 5.74) is 0. The fraction of sp³-hybridized carbons (Fsp3) is 1.00. The van der Waals surface area contributed by atoms with Crippen molar-refractivity contribution in [3.05, 3.63) is 0 Å². The van der Waals surface area contributed by atoms with Gasteiger partial charge < -0.3 is 4.74 Å². The number of unbranched alkanes of at least 4 members (excludes halogenated alkanes) is 3. The molecule has 1 heteroatoms. The highest BCUT2D eigenvalue weighted by Gasteiger charge is 2.07. The van der Waals surface area contributed by atoms with Crippen LogP contribution in [-0.4, -0.2) is 12.7 Å². The van der Waals surface area contributed by atoms with E-state index < -0.39 is 0 Å². The van der Waals surface area contributed by atoms with Crippen molar-refractivity contribution in [1.82, 2.24) is 0 Å². The van der Waals surface area contributed by atoms with Crippen LogP contribution in [0.2, 0.25) is 0 Å². The van der Waals surface area contributed by atoms with E-state index in [0.29, 0.717) is 6.10 Å². The molecule has 0 aromatic carbocycles. The Morgan fingerprint density at radius 2 is 1.75 bits per heavy atom. The molecule has 1 rings (SSSR count). The van der Waals surface area contributed by atoms with Crippen LogP contribution < -0.4 is 0 Å². The Labute approximate surface area is 77.5 Å². The molecule has 1 heterocycles. The van der Waals surface area contributed by atoms with Gasteiger partial charge in [0.2, 0.25) is 0 Å². The summed E-state index contributed by atoms with van der Waals surface area (Å²) in [6.07, 6.45) is 8.61. The zero-order valence-corrected chi connectivity index (χ0v) is 8.94. The summed E-state index contributed by atoms with van der Waals surface area (Å²) in [5.74, 6) is 0. The summed E-state index contributed by atoms with van der Waals surface area (Å²) in [7, 11) is 0. The van der Waals surface area contributed by atoms with Crippen LogP contribution in [0, 0.1) is 0 Å². The van der Waals surface area contributed by atoms with E-state index in [0.717, 1.165) is 6.61 Å². The first-order chi connectivity index (χ1) is 5.81. The van der Waals surface area contributed by atoms with Gasteiger partial charge in [-0.05, 0) is 19.8 Å². The van der Waals surface area contributed by atoms with Crippen LogP contribution in [0.5, 0.6) is 0 Å². The number of ether oxygens (including phenoxy) is 1. The molecule has 0 spiro atoms. The maximum atomic E-state index is 5.15. The molecule has 0 N–H and O–H groups in total. The van der Waals surface area contributed by atoms with Crippen LogP contribution >= 0.6 is 0 Å². The molecule has 1 aliphatic rings. The quantitative estimate of drug-likeness (QED) is 0.589. The lowest BCUT2D eigenvalue weighted by molar-refractivity contribution is 0.125. The first kappa shape index (κ1) is 12.0. The van der Waals surface area contributed by atoms with Gasteiger partial charge in [-0.3, -0.25) is 0 Å². The molecule has 0 aromatic heterocycles. The minimum absolute atomic E-state index is 0.546. The van der Waals surface area contributed by atoms with E-state index in [1.54, 1.807) is 0 Å². The van der Waals surface area contributed by atoms with Gasteiger partial charge >= 0.3 is 0 Å². The predicted molar refractivity (Wildman–Crippen MR) is 54.5 cm³/mol. The second-order valence-corrected chi connectivity index (χ2v) is 3.53. The van der Waals surface area contributed by atoms with Crippen molar-refractivity contribution >= 4 is 0 Å². The van der Waals surface area contributed by atoms with E-state index in [2.05, 4.69) is 20.8 Å². The molecule has 1 fully saturated rings. The second-order valence-electron chi connectivity index (χ2n) is 3.53. The van der Waals surface area contributed by atoms with Crippen LogP contribution in [0.3, 0.4) is 0 Å². The molecule has 0 aliphatic carbocycles. The van der Waals surface area contributed by atoms with Crippen LogP contribution in [-0.2, 0) is 4.74 Å². The Kier molecular flexibility index (Phi) is 9.02. The maximum absolute atomic E-state index is 5.15. The third kappa shape index (κ3) is 8.06. The Balaban J connectivity index is 0.000000202. The molecular formula is C11H24O. The summed E-state index contributed by atoms with van der Waals surface area (Å²) < 4.78 is 5.15. The molecule has 0 radical (unpaired) electrons. The molecule has 0 aromatic rings. The summed E-state index contributed by atoms with van der Waals surface area (Å²) >= 11 is 0. The highest BCUT2D eigenvalue weighted by Crippen LogP contribution is 2.09. The molecule has 1 nitrogen and oxygen atoms in total. The molecule has 0 bridgehead atoms. The lowest BCUT2D eigenvalue weighted by Crippen LogP contribution is -1.94. The molecule has 12 heavy (non-hydrogen) atoms. The lowest BCUT2D eigenvalue weighted by Gasteiger charge is -1.94. The van der Waals surface area contributed by atoms with Gasteiger partial charge in [0.1, 0.15) is 0 Å². The fourth-order valence-electron chi connectivity index (χ4n) is 1.24. The Bertz CT molecular complexity index is 71.1. The van der Waals surface area contributed by atoms with E-state index in [1.807, 2.05) is 0 Å². The van der Waals surface area contributed by atoms with Crippen LogP contribution in [0.1, 0.15) is 59.3 Å². The zero-order chi connectivity index (χ0) is 9.23. The molecule has 1 atom stereocenters. The van der Waals surface area contributed by atoms with Crippen molar-refractivity contribution in [2.45, 2.75) is 65.4 Å². The molecule has 74 valence electrons. The van der Waals surface area contributed by atoms with Gasteiger partial charge in [0.25, 0.3) is 0 Å². The van der Waals surface area contributed by atoms with E-state index in [9.17, 15) is 0 Å². The third-order valence-corrected chi connectivity index (χ3v) is 2.11. The predicted octanol–water partition coefficient (Wildman–Crippen LogP) is 3.77. The highest BCUT2D eigenvalue weighted by atomic mass is 16.5. The van der Waals surface area contributed by atoms with Crippen molar-refractivity contribution in [3.63, 3.8) is 0 Å². The first-order valence-electron chi connectivity index (χ1n) is 5.42. The SMILES string of the molecule is CC1CCCO1.CCCCCC. The molecule has 1 saturated heterocycles. The van der Waals surface area contributed by atoms with Gasteiger partial charge in [-0.25, -0.2) is 0 Å². The first-order valence-corrected chi connectivity index (χ1v) is 5.42. The second kappa shape index (κ2) is 9.05. The Morgan fingerprint density at radius 1 is 1.17 bits per heavy atom. The molecular weight excluding hydrogens is 148 g/mol. The summed E-state index contributed by atoms with van der Waals surface area (Å²) in [6, 6.07) is 0. The molecule has 0 amide bonds. The average molecular weight is 172 g/mol. The minimum Gasteiger partial charge on any atom is -0.379 e. The Hall–Kier alpha value is -0.0400. The van der Waals surface area contributed by atoms with E-state index in [4.69, 9.17) is 4.74 Å². The number of hydrogen-bond donors (Lipinski definition) is 0. The van der Waals surface area contributed by atoms with Gasteiger partial charge in [0, 0.05) is 6.61 Å². The van der Waals surface area contributed by atoms with Crippen molar-refractivity contribution in [3.8, 4) is 0 Å². The molecule has 0 saturated carbocycles. The van der Waals surface area contributed by atoms with Crippen LogP contribution in [0.4, 0.5) is 0 Å². The zero-order valence-electron chi connectivity index (χ0n) is 8.94. The summed E-state index contributed by atoms with van der Waals surface area (Å²) in [6.45, 7) is 7.57. The van der Waals surface area contributed by atoms with Crippen LogP contribution in [0.15, 0.2) is 0 Å². The topological polar surface area (TPSA) is 9.23 Å². The van der Waals surface area contributed by atoms with Gasteiger partial charge in [-0.2, -0.15) is 0 Å². The largest absolute Gasteiger partial charge is 0.379 e. The van der Waals surface area contributed by atoms with Crippen molar-refractivity contribution in [2.75, 3.05) is 6.61 Å². The molecule has 1 unspecified atom stereocenters. The van der Waals surface area contributed by atoms with Gasteiger partial charge in [-0.15, -0.1) is 0 Å². The lowest BCUT2D eigenvalue weighted by atomic mass is 10.2. The normalized spacial score (nSPS) is 21.8. The smallest absolute Gasteiger partial charge is 0.0547 e.